The highest BCUT2D eigenvalue weighted by Crippen LogP contribution is 2.17. The number of rotatable bonds is 6. The average molecular weight is 247 g/mol. The fourth-order valence-electron chi connectivity index (χ4n) is 2.65. The zero-order chi connectivity index (χ0) is 12.6. The van der Waals surface area contributed by atoms with Gasteiger partial charge in [-0.3, -0.25) is 4.98 Å². The van der Waals surface area contributed by atoms with E-state index in [2.05, 4.69) is 28.3 Å². The Kier molecular flexibility index (Phi) is 5.62. The lowest BCUT2D eigenvalue weighted by Crippen LogP contribution is -2.36. The first-order valence-electron chi connectivity index (χ1n) is 7.15. The van der Waals surface area contributed by atoms with Gasteiger partial charge in [-0.25, -0.2) is 0 Å². The van der Waals surface area contributed by atoms with Gasteiger partial charge in [0.05, 0.1) is 0 Å². The molecule has 3 nitrogen and oxygen atoms in total. The Morgan fingerprint density at radius 2 is 2.17 bits per heavy atom. The van der Waals surface area contributed by atoms with Crippen LogP contribution in [0.25, 0.3) is 0 Å². The Morgan fingerprint density at radius 3 is 2.89 bits per heavy atom. The third-order valence-corrected chi connectivity index (χ3v) is 3.71. The van der Waals surface area contributed by atoms with E-state index in [-0.39, 0.29) is 0 Å². The molecule has 3 heteroatoms. The predicted molar refractivity (Wildman–Crippen MR) is 75.4 cm³/mol. The fourth-order valence-corrected chi connectivity index (χ4v) is 2.65. The quantitative estimate of drug-likeness (QED) is 0.837. The van der Waals surface area contributed by atoms with Crippen LogP contribution < -0.4 is 5.32 Å². The minimum absolute atomic E-state index is 0.769. The number of likely N-dealkylation sites (N-methyl/N-ethyl adjacent to an activating group) is 1. The zero-order valence-electron chi connectivity index (χ0n) is 11.4. The van der Waals surface area contributed by atoms with E-state index < -0.39 is 0 Å². The molecule has 0 bridgehead atoms. The second-order valence-electron chi connectivity index (χ2n) is 5.39. The molecule has 1 saturated carbocycles. The van der Waals surface area contributed by atoms with Gasteiger partial charge in [0.2, 0.25) is 0 Å². The standard InChI is InChI=1S/C15H25N3/c1-18(13-14-6-5-9-16-12-14)11-10-17-15-7-3-2-4-8-15/h5-6,9,12,15,17H,2-4,7-8,10-11,13H2,1H3. The Hall–Kier alpha value is -0.930. The van der Waals surface area contributed by atoms with Crippen molar-refractivity contribution >= 4 is 0 Å². The molecule has 1 aliphatic carbocycles. The highest BCUT2D eigenvalue weighted by atomic mass is 15.1. The van der Waals surface area contributed by atoms with Crippen LogP contribution >= 0.6 is 0 Å². The molecule has 0 aliphatic heterocycles. The number of pyridine rings is 1. The molecule has 0 radical (unpaired) electrons. The summed E-state index contributed by atoms with van der Waals surface area (Å²) in [5.41, 5.74) is 1.29. The third-order valence-electron chi connectivity index (χ3n) is 3.71. The lowest BCUT2D eigenvalue weighted by atomic mass is 9.95. The number of nitrogens with zero attached hydrogens (tertiary/aromatic N) is 2. The SMILES string of the molecule is CN(CCNC1CCCCC1)Cc1cccnc1. The first-order valence-corrected chi connectivity index (χ1v) is 7.15. The minimum atomic E-state index is 0.769. The second kappa shape index (κ2) is 7.49. The topological polar surface area (TPSA) is 28.2 Å². The van der Waals surface area contributed by atoms with Crippen molar-refractivity contribution in [3.63, 3.8) is 0 Å². The van der Waals surface area contributed by atoms with E-state index in [0.29, 0.717) is 0 Å². The van der Waals surface area contributed by atoms with Crippen LogP contribution in [0, 0.1) is 0 Å². The number of hydrogen-bond donors (Lipinski definition) is 1. The van der Waals surface area contributed by atoms with Crippen LogP contribution in [0.3, 0.4) is 0 Å². The van der Waals surface area contributed by atoms with Crippen molar-refractivity contribution < 1.29 is 0 Å². The molecule has 1 N–H and O–H groups in total. The van der Waals surface area contributed by atoms with Gasteiger partial charge in [0.1, 0.15) is 0 Å². The molecule has 1 aromatic heterocycles. The summed E-state index contributed by atoms with van der Waals surface area (Å²) in [5.74, 6) is 0. The fraction of sp³-hybridized carbons (Fsp3) is 0.667. The van der Waals surface area contributed by atoms with Gasteiger partial charge in [0, 0.05) is 38.1 Å². The van der Waals surface area contributed by atoms with E-state index in [9.17, 15) is 0 Å². The van der Waals surface area contributed by atoms with E-state index in [4.69, 9.17) is 0 Å². The normalized spacial score (nSPS) is 17.2. The van der Waals surface area contributed by atoms with Gasteiger partial charge in [-0.05, 0) is 31.5 Å². The molecular weight excluding hydrogens is 222 g/mol. The summed E-state index contributed by atoms with van der Waals surface area (Å²) in [7, 11) is 2.18. The molecule has 0 amide bonds. The summed E-state index contributed by atoms with van der Waals surface area (Å²) in [4.78, 5) is 6.50. The summed E-state index contributed by atoms with van der Waals surface area (Å²) in [6, 6.07) is 4.91. The second-order valence-corrected chi connectivity index (χ2v) is 5.39. The maximum absolute atomic E-state index is 4.15. The van der Waals surface area contributed by atoms with Gasteiger partial charge >= 0.3 is 0 Å². The van der Waals surface area contributed by atoms with Gasteiger partial charge in [0.15, 0.2) is 0 Å². The van der Waals surface area contributed by atoms with Gasteiger partial charge in [-0.1, -0.05) is 25.3 Å². The molecule has 0 atom stereocenters. The first-order chi connectivity index (χ1) is 8.84. The van der Waals surface area contributed by atoms with Crippen molar-refractivity contribution in [1.82, 2.24) is 15.2 Å². The van der Waals surface area contributed by atoms with Crippen LogP contribution in [0.5, 0.6) is 0 Å². The molecular formula is C15H25N3. The first kappa shape index (κ1) is 13.5. The van der Waals surface area contributed by atoms with Crippen molar-refractivity contribution in [2.45, 2.75) is 44.7 Å². The number of nitrogens with one attached hydrogen (secondary N) is 1. The molecule has 1 aromatic rings. The van der Waals surface area contributed by atoms with Crippen LogP contribution in [0.4, 0.5) is 0 Å². The van der Waals surface area contributed by atoms with Crippen LogP contribution in [0.15, 0.2) is 24.5 Å². The van der Waals surface area contributed by atoms with Crippen molar-refractivity contribution in [3.05, 3.63) is 30.1 Å². The molecule has 0 unspecified atom stereocenters. The van der Waals surface area contributed by atoms with Crippen molar-refractivity contribution in [2.24, 2.45) is 0 Å². The maximum Gasteiger partial charge on any atom is 0.0312 e. The molecule has 0 saturated heterocycles. The van der Waals surface area contributed by atoms with Gasteiger partial charge in [0.25, 0.3) is 0 Å². The van der Waals surface area contributed by atoms with Gasteiger partial charge < -0.3 is 10.2 Å². The predicted octanol–water partition coefficient (Wildman–Crippen LogP) is 2.44. The Labute approximate surface area is 111 Å². The highest BCUT2D eigenvalue weighted by molar-refractivity contribution is 5.07. The van der Waals surface area contributed by atoms with Crippen LogP contribution in [0.1, 0.15) is 37.7 Å². The Balaban J connectivity index is 1.61. The third kappa shape index (κ3) is 4.75. The molecule has 0 aromatic carbocycles. The van der Waals surface area contributed by atoms with E-state index >= 15 is 0 Å². The maximum atomic E-state index is 4.15. The zero-order valence-corrected chi connectivity index (χ0v) is 11.4. The van der Waals surface area contributed by atoms with E-state index in [1.54, 1.807) is 0 Å². The molecule has 18 heavy (non-hydrogen) atoms. The lowest BCUT2D eigenvalue weighted by Gasteiger charge is -2.24. The molecule has 1 aliphatic rings. The van der Waals surface area contributed by atoms with E-state index in [1.807, 2.05) is 18.5 Å². The van der Waals surface area contributed by atoms with Crippen molar-refractivity contribution in [2.75, 3.05) is 20.1 Å². The summed E-state index contributed by atoms with van der Waals surface area (Å²) in [6.07, 6.45) is 10.8. The highest BCUT2D eigenvalue weighted by Gasteiger charge is 2.12. The van der Waals surface area contributed by atoms with Crippen LogP contribution in [-0.4, -0.2) is 36.1 Å². The van der Waals surface area contributed by atoms with Gasteiger partial charge in [-0.2, -0.15) is 0 Å². The van der Waals surface area contributed by atoms with E-state index in [0.717, 1.165) is 25.7 Å². The number of aromatic nitrogens is 1. The molecule has 1 heterocycles. The van der Waals surface area contributed by atoms with Crippen molar-refractivity contribution in [3.8, 4) is 0 Å². The monoisotopic (exact) mass is 247 g/mol. The summed E-state index contributed by atoms with van der Waals surface area (Å²) >= 11 is 0. The largest absolute Gasteiger partial charge is 0.313 e. The van der Waals surface area contributed by atoms with Crippen LogP contribution in [-0.2, 0) is 6.54 Å². The molecule has 1 fully saturated rings. The Bertz CT molecular complexity index is 320. The van der Waals surface area contributed by atoms with Gasteiger partial charge in [-0.15, -0.1) is 0 Å². The smallest absolute Gasteiger partial charge is 0.0312 e. The number of hydrogen-bond acceptors (Lipinski definition) is 3. The van der Waals surface area contributed by atoms with E-state index in [1.165, 1.54) is 37.7 Å². The Morgan fingerprint density at radius 1 is 1.33 bits per heavy atom. The van der Waals surface area contributed by atoms with Crippen molar-refractivity contribution in [1.29, 1.82) is 0 Å². The average Bonchev–Trinajstić information content (AvgIpc) is 2.41. The molecule has 100 valence electrons. The minimum Gasteiger partial charge on any atom is -0.313 e. The lowest BCUT2D eigenvalue weighted by molar-refractivity contribution is 0.300. The molecule has 2 rings (SSSR count). The summed E-state index contributed by atoms with van der Waals surface area (Å²) in [6.45, 7) is 3.19. The van der Waals surface area contributed by atoms with Crippen LogP contribution in [0.2, 0.25) is 0 Å². The summed E-state index contributed by atoms with van der Waals surface area (Å²) < 4.78 is 0. The summed E-state index contributed by atoms with van der Waals surface area (Å²) in [5, 5.41) is 3.68. The molecule has 0 spiro atoms.